The molecular formula is C20H15N3O4. The molecule has 0 spiro atoms. The molecule has 0 unspecified atom stereocenters. The monoisotopic (exact) mass is 361 g/mol. The maximum Gasteiger partial charge on any atom is 0.336 e. The molecule has 0 amide bonds. The highest BCUT2D eigenvalue weighted by Gasteiger charge is 2.20. The molecule has 134 valence electrons. The van der Waals surface area contributed by atoms with Gasteiger partial charge in [-0.15, -0.1) is 0 Å². The minimum Gasteiger partial charge on any atom is -0.507 e. The Bertz CT molecular complexity index is 1170. The van der Waals surface area contributed by atoms with Crippen molar-refractivity contribution in [1.29, 1.82) is 0 Å². The Morgan fingerprint density at radius 3 is 2.67 bits per heavy atom. The van der Waals surface area contributed by atoms with Gasteiger partial charge in [0.25, 0.3) is 0 Å². The summed E-state index contributed by atoms with van der Waals surface area (Å²) >= 11 is 0. The lowest BCUT2D eigenvalue weighted by Gasteiger charge is -2.07. The summed E-state index contributed by atoms with van der Waals surface area (Å²) in [6.07, 6.45) is 0. The van der Waals surface area contributed by atoms with E-state index in [4.69, 9.17) is 4.74 Å². The summed E-state index contributed by atoms with van der Waals surface area (Å²) in [4.78, 5) is 16.4. The minimum absolute atomic E-state index is 0.0178. The highest BCUT2D eigenvalue weighted by molar-refractivity contribution is 6.08. The van der Waals surface area contributed by atoms with Crippen molar-refractivity contribution in [3.8, 4) is 34.0 Å². The van der Waals surface area contributed by atoms with Crippen LogP contribution in [0.1, 0.15) is 10.4 Å². The minimum atomic E-state index is -1.11. The van der Waals surface area contributed by atoms with E-state index in [1.54, 1.807) is 37.4 Å². The number of para-hydroxylation sites is 1. The van der Waals surface area contributed by atoms with E-state index >= 15 is 0 Å². The fourth-order valence-electron chi connectivity index (χ4n) is 3.01. The highest BCUT2D eigenvalue weighted by atomic mass is 16.5. The molecule has 27 heavy (non-hydrogen) atoms. The number of fused-ring (bicyclic) bond motifs is 1. The number of benzene rings is 2. The number of pyridine rings is 1. The van der Waals surface area contributed by atoms with Crippen molar-refractivity contribution >= 4 is 17.0 Å². The van der Waals surface area contributed by atoms with Crippen LogP contribution >= 0.6 is 0 Å². The number of carboxylic acids is 1. The van der Waals surface area contributed by atoms with Crippen LogP contribution in [0.4, 0.5) is 0 Å². The number of aromatic nitrogens is 3. The third-order valence-corrected chi connectivity index (χ3v) is 4.29. The van der Waals surface area contributed by atoms with Crippen LogP contribution in [0.25, 0.3) is 33.5 Å². The number of aromatic hydroxyl groups is 1. The first-order valence-electron chi connectivity index (χ1n) is 8.13. The summed E-state index contributed by atoms with van der Waals surface area (Å²) < 4.78 is 5.24. The summed E-state index contributed by atoms with van der Waals surface area (Å²) in [5.74, 6) is -0.445. The largest absolute Gasteiger partial charge is 0.507 e. The van der Waals surface area contributed by atoms with Crippen LogP contribution in [0.2, 0.25) is 0 Å². The van der Waals surface area contributed by atoms with E-state index in [0.29, 0.717) is 28.1 Å². The molecule has 2 aromatic carbocycles. The average Bonchev–Trinajstić information content (AvgIpc) is 3.11. The number of hydrogen-bond donors (Lipinski definition) is 3. The summed E-state index contributed by atoms with van der Waals surface area (Å²) in [6, 6.07) is 15.3. The Kier molecular flexibility index (Phi) is 3.97. The normalized spacial score (nSPS) is 10.9. The van der Waals surface area contributed by atoms with E-state index in [-0.39, 0.29) is 17.0 Å². The van der Waals surface area contributed by atoms with Crippen LogP contribution in [0.15, 0.2) is 54.6 Å². The van der Waals surface area contributed by atoms with Crippen molar-refractivity contribution in [3.63, 3.8) is 0 Å². The topological polar surface area (TPSA) is 108 Å². The second kappa shape index (κ2) is 6.45. The molecule has 0 fully saturated rings. The maximum absolute atomic E-state index is 11.9. The average molecular weight is 361 g/mol. The number of nitrogens with zero attached hydrogens (tertiary/aromatic N) is 2. The van der Waals surface area contributed by atoms with Gasteiger partial charge in [-0.2, -0.15) is 5.10 Å². The summed E-state index contributed by atoms with van der Waals surface area (Å²) in [5.41, 5.74) is 2.35. The van der Waals surface area contributed by atoms with Crippen LogP contribution in [0, 0.1) is 0 Å². The van der Waals surface area contributed by atoms with Crippen LogP contribution in [-0.2, 0) is 0 Å². The van der Waals surface area contributed by atoms with E-state index in [1.165, 1.54) is 12.1 Å². The lowest BCUT2D eigenvalue weighted by molar-refractivity contribution is 0.0699. The molecule has 0 aliphatic heterocycles. The summed E-state index contributed by atoms with van der Waals surface area (Å²) in [5, 5.41) is 27.3. The Labute approximate surface area is 153 Å². The molecule has 0 aliphatic rings. The molecule has 2 heterocycles. The maximum atomic E-state index is 11.9. The number of hydrogen-bond acceptors (Lipinski definition) is 5. The van der Waals surface area contributed by atoms with Crippen molar-refractivity contribution in [2.45, 2.75) is 0 Å². The number of carboxylic acid groups (broad SMARTS) is 1. The Morgan fingerprint density at radius 1 is 1.11 bits per heavy atom. The molecule has 7 heteroatoms. The van der Waals surface area contributed by atoms with Gasteiger partial charge in [-0.25, -0.2) is 9.78 Å². The molecule has 0 radical (unpaired) electrons. The molecule has 0 saturated carbocycles. The van der Waals surface area contributed by atoms with Gasteiger partial charge in [0.05, 0.1) is 29.4 Å². The first kappa shape index (κ1) is 16.6. The van der Waals surface area contributed by atoms with Gasteiger partial charge in [0.2, 0.25) is 0 Å². The van der Waals surface area contributed by atoms with Crippen LogP contribution < -0.4 is 4.74 Å². The van der Waals surface area contributed by atoms with Gasteiger partial charge >= 0.3 is 5.97 Å². The van der Waals surface area contributed by atoms with Gasteiger partial charge in [-0.3, -0.25) is 5.10 Å². The van der Waals surface area contributed by atoms with Crippen LogP contribution in [0.3, 0.4) is 0 Å². The van der Waals surface area contributed by atoms with E-state index < -0.39 is 5.97 Å². The molecule has 7 nitrogen and oxygen atoms in total. The van der Waals surface area contributed by atoms with Crippen molar-refractivity contribution in [2.75, 3.05) is 7.11 Å². The molecule has 3 N–H and O–H groups in total. The predicted molar refractivity (Wildman–Crippen MR) is 99.9 cm³/mol. The highest BCUT2D eigenvalue weighted by Crippen LogP contribution is 2.34. The fraction of sp³-hybridized carbons (Fsp3) is 0.0500. The molecule has 4 aromatic rings. The lowest BCUT2D eigenvalue weighted by atomic mass is 10.0. The molecule has 2 aromatic heterocycles. The summed E-state index contributed by atoms with van der Waals surface area (Å²) in [6.45, 7) is 0. The molecule has 0 aliphatic carbocycles. The van der Waals surface area contributed by atoms with Gasteiger partial charge in [0.15, 0.2) is 5.65 Å². The van der Waals surface area contributed by atoms with Gasteiger partial charge in [-0.1, -0.05) is 24.3 Å². The molecular weight excluding hydrogens is 346 g/mol. The Balaban J connectivity index is 1.97. The van der Waals surface area contributed by atoms with Gasteiger partial charge < -0.3 is 14.9 Å². The van der Waals surface area contributed by atoms with Gasteiger partial charge in [0.1, 0.15) is 11.5 Å². The van der Waals surface area contributed by atoms with E-state index in [0.717, 1.165) is 5.56 Å². The number of methoxy groups -OCH3 is 1. The number of H-pyrrole nitrogens is 1. The summed E-state index contributed by atoms with van der Waals surface area (Å²) in [7, 11) is 1.56. The van der Waals surface area contributed by atoms with Crippen LogP contribution in [0.5, 0.6) is 11.5 Å². The Morgan fingerprint density at radius 2 is 1.93 bits per heavy atom. The van der Waals surface area contributed by atoms with Gasteiger partial charge in [-0.05, 0) is 30.3 Å². The molecule has 0 bridgehead atoms. The van der Waals surface area contributed by atoms with Crippen molar-refractivity contribution < 1.29 is 19.7 Å². The first-order chi connectivity index (χ1) is 13.1. The van der Waals surface area contributed by atoms with Crippen LogP contribution in [-0.4, -0.2) is 38.5 Å². The van der Waals surface area contributed by atoms with Crippen molar-refractivity contribution in [1.82, 2.24) is 15.2 Å². The standard InChI is InChI=1S/C20H15N3O4/c1-27-12-6-4-5-11(9-12)18-17-14(20(25)26)10-15(21-19(17)23-22-18)13-7-2-3-8-16(13)24/h2-10,24H,1H3,(H,25,26)(H,21,22,23). The number of aromatic amines is 1. The molecule has 0 saturated heterocycles. The fourth-order valence-corrected chi connectivity index (χ4v) is 3.01. The zero-order valence-corrected chi connectivity index (χ0v) is 14.3. The van der Waals surface area contributed by atoms with E-state index in [9.17, 15) is 15.0 Å². The van der Waals surface area contributed by atoms with E-state index in [2.05, 4.69) is 15.2 Å². The number of ether oxygens (including phenoxy) is 1. The van der Waals surface area contributed by atoms with E-state index in [1.807, 2.05) is 12.1 Å². The lowest BCUT2D eigenvalue weighted by Crippen LogP contribution is -2.00. The number of phenols is 1. The second-order valence-electron chi connectivity index (χ2n) is 5.91. The third-order valence-electron chi connectivity index (χ3n) is 4.29. The SMILES string of the molecule is COc1cccc(-c2[nH]nc3nc(-c4ccccc4O)cc(C(=O)O)c23)c1. The smallest absolute Gasteiger partial charge is 0.336 e. The number of nitrogens with one attached hydrogen (secondary N) is 1. The van der Waals surface area contributed by atoms with Crippen molar-refractivity contribution in [2.24, 2.45) is 0 Å². The third kappa shape index (κ3) is 2.85. The number of aromatic carboxylic acids is 1. The Hall–Kier alpha value is -3.87. The predicted octanol–water partition coefficient (Wildman–Crippen LogP) is 3.70. The first-order valence-corrected chi connectivity index (χ1v) is 8.13. The number of carbonyl (C=O) groups is 1. The molecule has 0 atom stereocenters. The molecule has 4 rings (SSSR count). The quantitative estimate of drug-likeness (QED) is 0.511. The second-order valence-corrected chi connectivity index (χ2v) is 5.91. The van der Waals surface area contributed by atoms with Crippen molar-refractivity contribution in [3.05, 3.63) is 60.2 Å². The zero-order chi connectivity index (χ0) is 19.0. The number of phenolic OH excluding ortho intramolecular Hbond substituents is 1. The zero-order valence-electron chi connectivity index (χ0n) is 14.3. The van der Waals surface area contributed by atoms with Gasteiger partial charge in [0, 0.05) is 11.1 Å². The number of rotatable bonds is 4.